The van der Waals surface area contributed by atoms with Crippen LogP contribution >= 0.6 is 0 Å². The highest BCUT2D eigenvalue weighted by Gasteiger charge is 2.34. The summed E-state index contributed by atoms with van der Waals surface area (Å²) in [5.41, 5.74) is 3.13. The molecule has 8 heteroatoms. The number of sulfonamides is 1. The van der Waals surface area contributed by atoms with Crippen molar-refractivity contribution in [2.75, 3.05) is 19.7 Å². The summed E-state index contributed by atoms with van der Waals surface area (Å²) in [7, 11) is -3.94. The first-order chi connectivity index (χ1) is 16.1. The number of carbonyl (C=O) groups excluding carboxylic acids is 2. The maximum atomic E-state index is 13.5. The van der Waals surface area contributed by atoms with E-state index in [1.807, 2.05) is 49.4 Å². The molecule has 0 spiro atoms. The van der Waals surface area contributed by atoms with E-state index in [1.165, 1.54) is 0 Å². The van der Waals surface area contributed by atoms with Crippen molar-refractivity contribution in [2.24, 2.45) is 5.92 Å². The van der Waals surface area contributed by atoms with Crippen LogP contribution in [0.25, 0.3) is 0 Å². The molecule has 0 aliphatic carbocycles. The Morgan fingerprint density at radius 1 is 1.06 bits per heavy atom. The van der Waals surface area contributed by atoms with Crippen molar-refractivity contribution < 1.29 is 22.7 Å². The van der Waals surface area contributed by atoms with Gasteiger partial charge in [0.15, 0.2) is 0 Å². The van der Waals surface area contributed by atoms with Crippen molar-refractivity contribution in [3.05, 3.63) is 64.7 Å². The maximum Gasteiger partial charge on any atom is 0.309 e. The van der Waals surface area contributed by atoms with Gasteiger partial charge in [-0.05, 0) is 63.6 Å². The van der Waals surface area contributed by atoms with Gasteiger partial charge in [-0.1, -0.05) is 48.0 Å². The lowest BCUT2D eigenvalue weighted by atomic mass is 9.96. The van der Waals surface area contributed by atoms with E-state index in [1.54, 1.807) is 25.7 Å². The van der Waals surface area contributed by atoms with Crippen molar-refractivity contribution in [1.29, 1.82) is 0 Å². The summed E-state index contributed by atoms with van der Waals surface area (Å²) in [5.74, 6) is -0.746. The molecule has 1 unspecified atom stereocenters. The smallest absolute Gasteiger partial charge is 0.309 e. The first-order valence-corrected chi connectivity index (χ1v) is 13.2. The van der Waals surface area contributed by atoms with Gasteiger partial charge in [0.1, 0.15) is 6.04 Å². The van der Waals surface area contributed by atoms with Crippen LogP contribution in [0, 0.1) is 26.7 Å². The summed E-state index contributed by atoms with van der Waals surface area (Å²) < 4.78 is 34.7. The van der Waals surface area contributed by atoms with Gasteiger partial charge in [0.2, 0.25) is 15.9 Å². The SMILES string of the molecule is CCOC(=O)C1CCN(C(=O)C(Cc2ccccc2)NS(=O)(=O)c2c(C)cc(C)cc2C)CC1. The molecule has 0 radical (unpaired) electrons. The van der Waals surface area contributed by atoms with Crippen LogP contribution in [0.2, 0.25) is 0 Å². The quantitative estimate of drug-likeness (QED) is 0.578. The highest BCUT2D eigenvalue weighted by molar-refractivity contribution is 7.89. The van der Waals surface area contributed by atoms with Crippen LogP contribution in [-0.2, 0) is 30.8 Å². The topological polar surface area (TPSA) is 92.8 Å². The summed E-state index contributed by atoms with van der Waals surface area (Å²) in [5, 5.41) is 0. The molecule has 3 rings (SSSR count). The minimum atomic E-state index is -3.94. The van der Waals surface area contributed by atoms with E-state index in [-0.39, 0.29) is 29.1 Å². The molecule has 1 saturated heterocycles. The van der Waals surface area contributed by atoms with Crippen molar-refractivity contribution in [2.45, 2.75) is 57.9 Å². The molecule has 1 N–H and O–H groups in total. The zero-order valence-corrected chi connectivity index (χ0v) is 21.2. The number of likely N-dealkylation sites (tertiary alicyclic amines) is 1. The maximum absolute atomic E-state index is 13.5. The van der Waals surface area contributed by atoms with Gasteiger partial charge in [0.25, 0.3) is 0 Å². The molecule has 1 heterocycles. The monoisotopic (exact) mass is 486 g/mol. The van der Waals surface area contributed by atoms with E-state index in [4.69, 9.17) is 4.74 Å². The standard InChI is InChI=1S/C26H34N2O5S/c1-5-33-26(30)22-11-13-28(14-12-22)25(29)23(17-21-9-7-6-8-10-21)27-34(31,32)24-19(3)15-18(2)16-20(24)4/h6-10,15-16,22-23,27H,5,11-14,17H2,1-4H3. The van der Waals surface area contributed by atoms with Crippen LogP contribution in [0.3, 0.4) is 0 Å². The van der Waals surface area contributed by atoms with Crippen molar-refractivity contribution in [3.63, 3.8) is 0 Å². The van der Waals surface area contributed by atoms with E-state index < -0.39 is 16.1 Å². The largest absolute Gasteiger partial charge is 0.466 e. The van der Waals surface area contributed by atoms with Crippen LogP contribution in [0.1, 0.15) is 42.0 Å². The Hall–Kier alpha value is -2.71. The Morgan fingerprint density at radius 3 is 2.21 bits per heavy atom. The van der Waals surface area contributed by atoms with E-state index in [0.29, 0.717) is 43.7 Å². The van der Waals surface area contributed by atoms with E-state index >= 15 is 0 Å². The third kappa shape index (κ3) is 6.24. The first kappa shape index (κ1) is 25.9. The van der Waals surface area contributed by atoms with Gasteiger partial charge >= 0.3 is 5.97 Å². The van der Waals surface area contributed by atoms with Crippen LogP contribution < -0.4 is 4.72 Å². The van der Waals surface area contributed by atoms with Crippen LogP contribution in [-0.4, -0.2) is 50.9 Å². The Labute approximate surface area is 202 Å². The molecule has 1 amide bonds. The fraction of sp³-hybridized carbons (Fsp3) is 0.462. The van der Waals surface area contributed by atoms with Gasteiger partial charge < -0.3 is 9.64 Å². The average molecular weight is 487 g/mol. The molecular formula is C26H34N2O5S. The number of hydrogen-bond donors (Lipinski definition) is 1. The van der Waals surface area contributed by atoms with E-state index in [2.05, 4.69) is 4.72 Å². The number of piperidine rings is 1. The molecule has 34 heavy (non-hydrogen) atoms. The highest BCUT2D eigenvalue weighted by atomic mass is 32.2. The molecular weight excluding hydrogens is 452 g/mol. The second-order valence-corrected chi connectivity index (χ2v) is 10.6. The lowest BCUT2D eigenvalue weighted by Gasteiger charge is -2.33. The summed E-state index contributed by atoms with van der Waals surface area (Å²) in [4.78, 5) is 27.5. The Balaban J connectivity index is 1.83. The van der Waals surface area contributed by atoms with Gasteiger partial charge in [0, 0.05) is 13.1 Å². The Bertz CT molecular complexity index is 1100. The van der Waals surface area contributed by atoms with E-state index in [9.17, 15) is 18.0 Å². The molecule has 0 aromatic heterocycles. The minimum Gasteiger partial charge on any atom is -0.466 e. The number of carbonyl (C=O) groups is 2. The predicted octanol–water partition coefficient (Wildman–Crippen LogP) is 3.30. The van der Waals surface area contributed by atoms with Gasteiger partial charge in [-0.25, -0.2) is 8.42 Å². The van der Waals surface area contributed by atoms with Crippen LogP contribution in [0.4, 0.5) is 0 Å². The second kappa shape index (κ2) is 11.1. The minimum absolute atomic E-state index is 0.213. The number of benzene rings is 2. The third-order valence-electron chi connectivity index (χ3n) is 6.18. The number of esters is 1. The molecule has 7 nitrogen and oxygen atoms in total. The number of rotatable bonds is 8. The first-order valence-electron chi connectivity index (χ1n) is 11.7. The summed E-state index contributed by atoms with van der Waals surface area (Å²) in [6.45, 7) is 8.33. The lowest BCUT2D eigenvalue weighted by Crippen LogP contribution is -2.52. The Morgan fingerprint density at radius 2 is 1.65 bits per heavy atom. The molecule has 1 fully saturated rings. The third-order valence-corrected chi connectivity index (χ3v) is 7.95. The molecule has 1 aliphatic rings. The fourth-order valence-corrected chi connectivity index (χ4v) is 6.32. The fourth-order valence-electron chi connectivity index (χ4n) is 4.68. The number of nitrogens with zero attached hydrogens (tertiary/aromatic N) is 1. The Kier molecular flexibility index (Phi) is 8.49. The molecule has 1 aliphatic heterocycles. The van der Waals surface area contributed by atoms with Gasteiger partial charge in [0.05, 0.1) is 17.4 Å². The predicted molar refractivity (Wildman–Crippen MR) is 131 cm³/mol. The van der Waals surface area contributed by atoms with Crippen LogP contribution in [0.15, 0.2) is 47.4 Å². The van der Waals surface area contributed by atoms with Crippen LogP contribution in [0.5, 0.6) is 0 Å². The zero-order chi connectivity index (χ0) is 24.9. The number of ether oxygens (including phenoxy) is 1. The van der Waals surface area contributed by atoms with Gasteiger partial charge in [-0.2, -0.15) is 4.72 Å². The number of hydrogen-bond acceptors (Lipinski definition) is 5. The molecule has 0 bridgehead atoms. The summed E-state index contributed by atoms with van der Waals surface area (Å²) in [6.07, 6.45) is 1.25. The van der Waals surface area contributed by atoms with E-state index in [0.717, 1.165) is 11.1 Å². The van der Waals surface area contributed by atoms with Gasteiger partial charge in [-0.15, -0.1) is 0 Å². The average Bonchev–Trinajstić information content (AvgIpc) is 2.78. The molecule has 1 atom stereocenters. The van der Waals surface area contributed by atoms with Gasteiger partial charge in [-0.3, -0.25) is 9.59 Å². The number of nitrogens with one attached hydrogen (secondary N) is 1. The zero-order valence-electron chi connectivity index (χ0n) is 20.3. The number of amides is 1. The molecule has 184 valence electrons. The normalized spacial score (nSPS) is 15.7. The highest BCUT2D eigenvalue weighted by Crippen LogP contribution is 2.24. The molecule has 0 saturated carbocycles. The second-order valence-electron chi connectivity index (χ2n) is 8.94. The van der Waals surface area contributed by atoms with Crippen molar-refractivity contribution in [1.82, 2.24) is 9.62 Å². The summed E-state index contributed by atoms with van der Waals surface area (Å²) >= 11 is 0. The van der Waals surface area contributed by atoms with Crippen molar-refractivity contribution >= 4 is 21.9 Å². The molecule has 2 aromatic rings. The lowest BCUT2D eigenvalue weighted by molar-refractivity contribution is -0.151. The summed E-state index contributed by atoms with van der Waals surface area (Å²) in [6, 6.07) is 12.1. The molecule has 2 aromatic carbocycles. The van der Waals surface area contributed by atoms with Crippen molar-refractivity contribution in [3.8, 4) is 0 Å². The number of aryl methyl sites for hydroxylation is 3.